The number of hydrogen-bond donors (Lipinski definition) is 1. The number of nitrogens with one attached hydrogen (secondary N) is 1. The molecule has 0 spiro atoms. The molecule has 0 radical (unpaired) electrons. The molecule has 2 aromatic rings. The first-order valence-corrected chi connectivity index (χ1v) is 8.93. The predicted octanol–water partition coefficient (Wildman–Crippen LogP) is 4.05. The molecule has 0 aliphatic carbocycles. The fraction of sp³-hybridized carbons (Fsp3) is 0.500. The summed E-state index contributed by atoms with van der Waals surface area (Å²) in [7, 11) is 1.97. The summed E-state index contributed by atoms with van der Waals surface area (Å²) in [4.78, 5) is 14.6. The van der Waals surface area contributed by atoms with Gasteiger partial charge in [-0.05, 0) is 44.9 Å². The van der Waals surface area contributed by atoms with E-state index >= 15 is 0 Å². The van der Waals surface area contributed by atoms with E-state index in [1.807, 2.05) is 38.6 Å². The standard InChI is InChI=1S/C20H30N4O/c1-14(2)18-9-7-17(8-10-18)13-23(6)16(5)20(25)22-19-11-12-21-24(19)15(3)4/h7-12,14-16H,13H2,1-6H3,(H,22,25). The van der Waals surface area contributed by atoms with Crippen LogP contribution in [0.2, 0.25) is 0 Å². The van der Waals surface area contributed by atoms with Crippen molar-refractivity contribution in [1.29, 1.82) is 0 Å². The van der Waals surface area contributed by atoms with Crippen molar-refractivity contribution in [2.75, 3.05) is 12.4 Å². The highest BCUT2D eigenvalue weighted by atomic mass is 16.2. The second kappa shape index (κ2) is 8.30. The number of carbonyl (C=O) groups excluding carboxylic acids is 1. The maximum atomic E-state index is 12.6. The molecule has 0 bridgehead atoms. The highest BCUT2D eigenvalue weighted by Crippen LogP contribution is 2.17. The molecule has 0 aliphatic rings. The van der Waals surface area contributed by atoms with E-state index in [-0.39, 0.29) is 18.0 Å². The van der Waals surface area contributed by atoms with E-state index in [4.69, 9.17) is 0 Å². The molecule has 0 saturated carbocycles. The van der Waals surface area contributed by atoms with Gasteiger partial charge in [0, 0.05) is 18.7 Å². The molecule has 136 valence electrons. The molecule has 1 amide bonds. The van der Waals surface area contributed by atoms with Gasteiger partial charge in [-0.3, -0.25) is 9.69 Å². The fourth-order valence-corrected chi connectivity index (χ4v) is 2.69. The molecule has 1 aromatic heterocycles. The summed E-state index contributed by atoms with van der Waals surface area (Å²) in [6.45, 7) is 11.1. The van der Waals surface area contributed by atoms with E-state index in [1.165, 1.54) is 11.1 Å². The minimum Gasteiger partial charge on any atom is -0.310 e. The topological polar surface area (TPSA) is 50.2 Å². The molecule has 0 fully saturated rings. The van der Waals surface area contributed by atoms with Crippen molar-refractivity contribution in [2.24, 2.45) is 0 Å². The van der Waals surface area contributed by atoms with Gasteiger partial charge in [0.15, 0.2) is 0 Å². The predicted molar refractivity (Wildman–Crippen MR) is 103 cm³/mol. The van der Waals surface area contributed by atoms with Gasteiger partial charge in [0.1, 0.15) is 5.82 Å². The molecule has 0 saturated heterocycles. The van der Waals surface area contributed by atoms with Crippen LogP contribution in [0.3, 0.4) is 0 Å². The lowest BCUT2D eigenvalue weighted by molar-refractivity contribution is -0.120. The Labute approximate surface area is 151 Å². The number of nitrogens with zero attached hydrogens (tertiary/aromatic N) is 3. The maximum Gasteiger partial charge on any atom is 0.242 e. The molecule has 25 heavy (non-hydrogen) atoms. The van der Waals surface area contributed by atoms with E-state index in [0.717, 1.165) is 12.4 Å². The number of rotatable bonds is 7. The molecule has 2 rings (SSSR count). The Kier molecular flexibility index (Phi) is 6.37. The van der Waals surface area contributed by atoms with Crippen molar-refractivity contribution < 1.29 is 4.79 Å². The number of aromatic nitrogens is 2. The van der Waals surface area contributed by atoms with Crippen LogP contribution in [0.1, 0.15) is 57.7 Å². The largest absolute Gasteiger partial charge is 0.310 e. The molecule has 1 aromatic carbocycles. The summed E-state index contributed by atoms with van der Waals surface area (Å²) < 4.78 is 1.81. The van der Waals surface area contributed by atoms with Gasteiger partial charge in [0.25, 0.3) is 0 Å². The lowest BCUT2D eigenvalue weighted by Gasteiger charge is -2.24. The van der Waals surface area contributed by atoms with E-state index in [1.54, 1.807) is 6.20 Å². The summed E-state index contributed by atoms with van der Waals surface area (Å²) >= 11 is 0. The zero-order chi connectivity index (χ0) is 18.6. The van der Waals surface area contributed by atoms with Crippen LogP contribution in [0, 0.1) is 0 Å². The average Bonchev–Trinajstić information content (AvgIpc) is 3.02. The third-order valence-corrected chi connectivity index (χ3v) is 4.53. The molecule has 1 N–H and O–H groups in total. The van der Waals surface area contributed by atoms with E-state index < -0.39 is 0 Å². The smallest absolute Gasteiger partial charge is 0.242 e. The van der Waals surface area contributed by atoms with Gasteiger partial charge in [0.2, 0.25) is 5.91 Å². The number of carbonyl (C=O) groups is 1. The van der Waals surface area contributed by atoms with Gasteiger partial charge in [-0.25, -0.2) is 4.68 Å². The summed E-state index contributed by atoms with van der Waals surface area (Å²) in [6, 6.07) is 10.4. The Morgan fingerprint density at radius 1 is 1.12 bits per heavy atom. The van der Waals surface area contributed by atoms with Gasteiger partial charge in [-0.2, -0.15) is 5.10 Å². The Hall–Kier alpha value is -2.14. The SMILES string of the molecule is CC(C)c1ccc(CN(C)C(C)C(=O)Nc2ccnn2C(C)C)cc1. The molecular weight excluding hydrogens is 312 g/mol. The number of anilines is 1. The van der Waals surface area contributed by atoms with E-state index in [9.17, 15) is 4.79 Å². The van der Waals surface area contributed by atoms with Crippen LogP contribution in [0.15, 0.2) is 36.5 Å². The van der Waals surface area contributed by atoms with Crippen molar-refractivity contribution in [3.8, 4) is 0 Å². The Morgan fingerprint density at radius 3 is 2.32 bits per heavy atom. The van der Waals surface area contributed by atoms with E-state index in [2.05, 4.69) is 53.4 Å². The molecule has 5 heteroatoms. The average molecular weight is 342 g/mol. The normalized spacial score (nSPS) is 12.8. The molecule has 5 nitrogen and oxygen atoms in total. The van der Waals surface area contributed by atoms with Crippen LogP contribution in [0.5, 0.6) is 0 Å². The number of amides is 1. The Balaban J connectivity index is 1.97. The minimum atomic E-state index is -0.236. The third kappa shape index (κ3) is 4.92. The van der Waals surface area contributed by atoms with Gasteiger partial charge in [-0.15, -0.1) is 0 Å². The second-order valence-corrected chi connectivity index (χ2v) is 7.23. The van der Waals surface area contributed by atoms with Crippen molar-refractivity contribution in [1.82, 2.24) is 14.7 Å². The molecule has 1 unspecified atom stereocenters. The van der Waals surface area contributed by atoms with E-state index in [0.29, 0.717) is 5.92 Å². The van der Waals surface area contributed by atoms with Crippen molar-refractivity contribution >= 4 is 11.7 Å². The fourth-order valence-electron chi connectivity index (χ4n) is 2.69. The zero-order valence-electron chi connectivity index (χ0n) is 16.2. The van der Waals surface area contributed by atoms with Gasteiger partial charge in [0.05, 0.1) is 12.2 Å². The third-order valence-electron chi connectivity index (χ3n) is 4.53. The van der Waals surface area contributed by atoms with Crippen LogP contribution < -0.4 is 5.32 Å². The van der Waals surface area contributed by atoms with Gasteiger partial charge in [-0.1, -0.05) is 38.1 Å². The first-order chi connectivity index (χ1) is 11.8. The summed E-state index contributed by atoms with van der Waals surface area (Å²) in [5, 5.41) is 7.23. The summed E-state index contributed by atoms with van der Waals surface area (Å²) in [6.07, 6.45) is 1.71. The first kappa shape index (κ1) is 19.2. The van der Waals surface area contributed by atoms with Crippen molar-refractivity contribution in [3.05, 3.63) is 47.7 Å². The maximum absolute atomic E-state index is 12.6. The first-order valence-electron chi connectivity index (χ1n) is 8.93. The summed E-state index contributed by atoms with van der Waals surface area (Å²) in [5.74, 6) is 1.24. The molecule has 0 aliphatic heterocycles. The molecule has 1 atom stereocenters. The van der Waals surface area contributed by atoms with Crippen molar-refractivity contribution in [2.45, 2.75) is 59.2 Å². The quantitative estimate of drug-likeness (QED) is 0.826. The van der Waals surface area contributed by atoms with Gasteiger partial charge >= 0.3 is 0 Å². The highest BCUT2D eigenvalue weighted by molar-refractivity contribution is 5.93. The Morgan fingerprint density at radius 2 is 1.76 bits per heavy atom. The zero-order valence-corrected chi connectivity index (χ0v) is 16.2. The molecular formula is C20H30N4O. The number of benzene rings is 1. The van der Waals surface area contributed by atoms with Crippen LogP contribution in [0.4, 0.5) is 5.82 Å². The lowest BCUT2D eigenvalue weighted by atomic mass is 10.0. The number of hydrogen-bond acceptors (Lipinski definition) is 3. The molecule has 1 heterocycles. The van der Waals surface area contributed by atoms with Crippen molar-refractivity contribution in [3.63, 3.8) is 0 Å². The van der Waals surface area contributed by atoms with Crippen LogP contribution in [0.25, 0.3) is 0 Å². The lowest BCUT2D eigenvalue weighted by Crippen LogP contribution is -2.39. The van der Waals surface area contributed by atoms with Crippen LogP contribution >= 0.6 is 0 Å². The van der Waals surface area contributed by atoms with Crippen LogP contribution in [-0.2, 0) is 11.3 Å². The monoisotopic (exact) mass is 342 g/mol. The summed E-state index contributed by atoms with van der Waals surface area (Å²) in [5.41, 5.74) is 2.54. The number of likely N-dealkylation sites (N-methyl/N-ethyl adjacent to an activating group) is 1. The Bertz CT molecular complexity index is 688. The van der Waals surface area contributed by atoms with Gasteiger partial charge < -0.3 is 5.32 Å². The minimum absolute atomic E-state index is 0.0244. The second-order valence-electron chi connectivity index (χ2n) is 7.23. The van der Waals surface area contributed by atoms with Crippen LogP contribution in [-0.4, -0.2) is 33.7 Å². The highest BCUT2D eigenvalue weighted by Gasteiger charge is 2.20.